The molecule has 1 fully saturated rings. The van der Waals surface area contributed by atoms with Crippen molar-refractivity contribution in [1.82, 2.24) is 9.97 Å². The van der Waals surface area contributed by atoms with Gasteiger partial charge in [-0.1, -0.05) is 37.8 Å². The summed E-state index contributed by atoms with van der Waals surface area (Å²) in [6.07, 6.45) is 9.03. The summed E-state index contributed by atoms with van der Waals surface area (Å²) in [5.41, 5.74) is 1.24. The van der Waals surface area contributed by atoms with Crippen LogP contribution in [-0.2, 0) is 34.7 Å². The van der Waals surface area contributed by atoms with Gasteiger partial charge in [-0.3, -0.25) is 19.3 Å². The quantitative estimate of drug-likeness (QED) is 0.363. The van der Waals surface area contributed by atoms with Gasteiger partial charge >= 0.3 is 7.60 Å². The third-order valence-electron chi connectivity index (χ3n) is 6.41. The van der Waals surface area contributed by atoms with Gasteiger partial charge in [0, 0.05) is 18.4 Å². The Hall–Kier alpha value is -1.97. The third-order valence-corrected chi connectivity index (χ3v) is 9.63. The lowest BCUT2D eigenvalue weighted by molar-refractivity contribution is -0.120. The van der Waals surface area contributed by atoms with Crippen molar-refractivity contribution in [2.45, 2.75) is 69.0 Å². The highest BCUT2D eigenvalue weighted by Crippen LogP contribution is 2.59. The minimum Gasteiger partial charge on any atom is -0.375 e. The maximum atomic E-state index is 13.4. The van der Waals surface area contributed by atoms with E-state index in [0.29, 0.717) is 18.0 Å². The van der Waals surface area contributed by atoms with E-state index >= 15 is 0 Å². The summed E-state index contributed by atoms with van der Waals surface area (Å²) >= 11 is 0. The molecule has 1 saturated carbocycles. The van der Waals surface area contributed by atoms with Gasteiger partial charge in [0.2, 0.25) is 0 Å². The van der Waals surface area contributed by atoms with Gasteiger partial charge in [0.25, 0.3) is 0 Å². The van der Waals surface area contributed by atoms with Crippen molar-refractivity contribution in [3.05, 3.63) is 53.6 Å². The van der Waals surface area contributed by atoms with Crippen LogP contribution in [0.3, 0.4) is 0 Å². The zero-order valence-corrected chi connectivity index (χ0v) is 22.7. The first-order valence-electron chi connectivity index (χ1n) is 12.3. The number of aliphatic hydroxyl groups excluding tert-OH is 1. The number of carbonyl (C=O) groups excluding carboxylic acids is 1. The molecule has 2 aromatic rings. The largest absolute Gasteiger partial charge is 0.375 e. The lowest BCUT2D eigenvalue weighted by Gasteiger charge is -2.22. The number of benzene rings is 1. The number of ketones is 1. The highest BCUT2D eigenvalue weighted by atomic mass is 32.2. The Morgan fingerprint density at radius 1 is 1.08 bits per heavy atom. The number of hydrogen-bond acceptors (Lipinski definition) is 9. The van der Waals surface area contributed by atoms with Crippen molar-refractivity contribution in [2.75, 3.05) is 19.5 Å². The van der Waals surface area contributed by atoms with Crippen LogP contribution in [0, 0.1) is 5.92 Å². The van der Waals surface area contributed by atoms with E-state index in [-0.39, 0.29) is 41.9 Å². The van der Waals surface area contributed by atoms with E-state index in [1.165, 1.54) is 12.4 Å². The molecular weight excluding hydrogens is 503 g/mol. The number of aromatic nitrogens is 2. The van der Waals surface area contributed by atoms with E-state index in [2.05, 4.69) is 9.97 Å². The van der Waals surface area contributed by atoms with Gasteiger partial charge in [0.1, 0.15) is 5.78 Å². The fourth-order valence-corrected chi connectivity index (χ4v) is 6.74. The number of aliphatic hydroxyl groups is 1. The predicted octanol–water partition coefficient (Wildman–Crippen LogP) is 4.61. The second-order valence-electron chi connectivity index (χ2n) is 9.10. The molecule has 0 radical (unpaired) electrons. The molecule has 1 heterocycles. The molecule has 1 unspecified atom stereocenters. The second kappa shape index (κ2) is 12.5. The van der Waals surface area contributed by atoms with Crippen molar-refractivity contribution < 1.29 is 31.9 Å². The van der Waals surface area contributed by atoms with Crippen molar-refractivity contribution >= 4 is 23.2 Å². The van der Waals surface area contributed by atoms with Gasteiger partial charge in [0.05, 0.1) is 42.1 Å². The number of nitrogens with zero attached hydrogens (tertiary/aromatic N) is 2. The number of carbonyl (C=O) groups is 1. The van der Waals surface area contributed by atoms with Crippen molar-refractivity contribution in [3.8, 4) is 0 Å². The summed E-state index contributed by atoms with van der Waals surface area (Å²) in [7, 11) is -7.15. The van der Waals surface area contributed by atoms with E-state index in [9.17, 15) is 22.9 Å². The molecule has 0 spiro atoms. The molecule has 1 aromatic carbocycles. The van der Waals surface area contributed by atoms with Crippen LogP contribution in [0.1, 0.15) is 74.7 Å². The van der Waals surface area contributed by atoms with Gasteiger partial charge in [-0.2, -0.15) is 0 Å². The Morgan fingerprint density at radius 3 is 2.19 bits per heavy atom. The third kappa shape index (κ3) is 7.29. The van der Waals surface area contributed by atoms with Crippen LogP contribution in [0.4, 0.5) is 0 Å². The van der Waals surface area contributed by atoms with Crippen molar-refractivity contribution in [1.29, 1.82) is 0 Å². The molecule has 3 rings (SSSR count). The summed E-state index contributed by atoms with van der Waals surface area (Å²) in [4.78, 5) is 22.1. The molecule has 1 aliphatic carbocycles. The summed E-state index contributed by atoms with van der Waals surface area (Å²) in [5.74, 6) is -1.56. The first kappa shape index (κ1) is 28.6. The van der Waals surface area contributed by atoms with Crippen LogP contribution in [0.15, 0.2) is 41.6 Å². The summed E-state index contributed by atoms with van der Waals surface area (Å²) in [6, 6.07) is 6.53. The number of hydrogen-bond donors (Lipinski definition) is 1. The Labute approximate surface area is 213 Å². The molecule has 0 saturated heterocycles. The van der Waals surface area contributed by atoms with E-state index in [0.717, 1.165) is 37.5 Å². The smallest absolute Gasteiger partial charge is 0.365 e. The fourth-order valence-electron chi connectivity index (χ4n) is 4.57. The maximum Gasteiger partial charge on any atom is 0.365 e. The lowest BCUT2D eigenvalue weighted by Crippen LogP contribution is -2.19. The molecule has 36 heavy (non-hydrogen) atoms. The fraction of sp³-hybridized carbons (Fsp3) is 0.560. The first-order chi connectivity index (χ1) is 17.1. The Bertz CT molecular complexity index is 1150. The first-order valence-corrected chi connectivity index (χ1v) is 15.8. The standard InChI is InChI=1S/C25H35N2O7PS/c1-4-33-35(30,34-5-2)25(29)23-17-26-20(16-27-23)15-24(28)22(14-18-8-6-7-9-18)19-10-12-21(13-11-19)36(3,31)32/h10-13,16-18,22,25,29H,4-9,14-15H2,1-3H3/t22-,25?/m1/s1. The molecule has 0 bridgehead atoms. The Kier molecular flexibility index (Phi) is 9.94. The zero-order chi connectivity index (χ0) is 26.3. The van der Waals surface area contributed by atoms with Crippen molar-refractivity contribution in [2.24, 2.45) is 5.92 Å². The molecule has 1 aromatic heterocycles. The molecule has 0 aliphatic heterocycles. The minimum absolute atomic E-state index is 0.0309. The van der Waals surface area contributed by atoms with E-state index in [1.807, 2.05) is 0 Å². The number of Topliss-reactive ketones (excluding diaryl/α,β-unsaturated/α-hetero) is 1. The van der Waals surface area contributed by atoms with Gasteiger partial charge in [-0.25, -0.2) is 8.42 Å². The molecule has 2 atom stereocenters. The summed E-state index contributed by atoms with van der Waals surface area (Å²) < 4.78 is 46.9. The molecule has 1 aliphatic rings. The van der Waals surface area contributed by atoms with Crippen LogP contribution in [0.2, 0.25) is 0 Å². The molecular formula is C25H35N2O7PS. The lowest BCUT2D eigenvalue weighted by atomic mass is 9.83. The Balaban J connectivity index is 1.78. The van der Waals surface area contributed by atoms with E-state index < -0.39 is 23.3 Å². The van der Waals surface area contributed by atoms with Crippen LogP contribution in [-0.4, -0.2) is 48.7 Å². The predicted molar refractivity (Wildman–Crippen MR) is 135 cm³/mol. The van der Waals surface area contributed by atoms with Gasteiger partial charge in [0.15, 0.2) is 15.7 Å². The van der Waals surface area contributed by atoms with Crippen LogP contribution < -0.4 is 0 Å². The summed E-state index contributed by atoms with van der Waals surface area (Å²) in [6.45, 7) is 3.49. The molecule has 0 amide bonds. The highest BCUT2D eigenvalue weighted by Gasteiger charge is 2.36. The van der Waals surface area contributed by atoms with E-state index in [4.69, 9.17) is 9.05 Å². The van der Waals surface area contributed by atoms with Crippen LogP contribution >= 0.6 is 7.60 Å². The van der Waals surface area contributed by atoms with Gasteiger partial charge < -0.3 is 14.2 Å². The topological polar surface area (TPSA) is 133 Å². The Morgan fingerprint density at radius 2 is 1.69 bits per heavy atom. The normalized spacial score (nSPS) is 16.7. The summed E-state index contributed by atoms with van der Waals surface area (Å²) in [5, 5.41) is 10.5. The van der Waals surface area contributed by atoms with Crippen molar-refractivity contribution in [3.63, 3.8) is 0 Å². The van der Waals surface area contributed by atoms with Crippen LogP contribution in [0.5, 0.6) is 0 Å². The average molecular weight is 539 g/mol. The van der Waals surface area contributed by atoms with Gasteiger partial charge in [-0.05, 0) is 43.9 Å². The monoisotopic (exact) mass is 538 g/mol. The zero-order valence-electron chi connectivity index (χ0n) is 21.0. The SMILES string of the molecule is CCOP(=O)(OCC)C(O)c1cnc(CC(=O)[C@H](CC2CCCC2)c2ccc(S(C)(=O)=O)cc2)cn1. The number of rotatable bonds is 13. The average Bonchev–Trinajstić information content (AvgIpc) is 3.36. The number of sulfone groups is 1. The minimum atomic E-state index is -3.82. The molecule has 198 valence electrons. The molecule has 9 nitrogen and oxygen atoms in total. The van der Waals surface area contributed by atoms with Crippen LogP contribution in [0.25, 0.3) is 0 Å². The highest BCUT2D eigenvalue weighted by molar-refractivity contribution is 7.90. The second-order valence-corrected chi connectivity index (χ2v) is 13.2. The maximum absolute atomic E-state index is 13.4. The molecule has 1 N–H and O–H groups in total. The van der Waals surface area contributed by atoms with E-state index in [1.54, 1.807) is 38.1 Å². The van der Waals surface area contributed by atoms with Gasteiger partial charge in [-0.15, -0.1) is 0 Å². The molecule has 11 heteroatoms.